The van der Waals surface area contributed by atoms with Crippen molar-refractivity contribution in [1.82, 2.24) is 45.1 Å². The summed E-state index contributed by atoms with van der Waals surface area (Å²) in [6.07, 6.45) is 16.3. The Balaban J connectivity index is 0.730. The zero-order valence-corrected chi connectivity index (χ0v) is 38.4. The van der Waals surface area contributed by atoms with Crippen molar-refractivity contribution in [3.8, 4) is 35.1 Å². The molecule has 67 heavy (non-hydrogen) atoms. The first-order chi connectivity index (χ1) is 32.6. The van der Waals surface area contributed by atoms with Crippen LogP contribution in [0.4, 0.5) is 10.7 Å². The number of fused-ring (bicyclic) bond motifs is 5. The predicted molar refractivity (Wildman–Crippen MR) is 248 cm³/mol. The van der Waals surface area contributed by atoms with Gasteiger partial charge in [0.05, 0.1) is 53.2 Å². The molecule has 1 aromatic carbocycles. The monoisotopic (exact) mass is 920 g/mol. The van der Waals surface area contributed by atoms with E-state index in [0.29, 0.717) is 59.0 Å². The molecule has 2 amide bonds. The highest BCUT2D eigenvalue weighted by Gasteiger charge is 2.50. The fourth-order valence-electron chi connectivity index (χ4n) is 12.0. The van der Waals surface area contributed by atoms with Gasteiger partial charge in [-0.1, -0.05) is 5.16 Å². The molecular formula is C49H52N12O5S. The molecule has 3 N–H and O–H groups in total. The molecule has 1 saturated carbocycles. The Hall–Kier alpha value is -6.45. The molecule has 2 atom stereocenters. The highest BCUT2D eigenvalue weighted by Crippen LogP contribution is 2.55. The molecule has 17 nitrogen and oxygen atoms in total. The highest BCUT2D eigenvalue weighted by atomic mass is 32.1. The number of aromatic nitrogens is 7. The van der Waals surface area contributed by atoms with E-state index in [1.54, 1.807) is 18.5 Å². The van der Waals surface area contributed by atoms with Crippen molar-refractivity contribution in [3.63, 3.8) is 0 Å². The average Bonchev–Trinajstić information content (AvgIpc) is 3.62. The third-order valence-electron chi connectivity index (χ3n) is 15.7. The lowest BCUT2D eigenvalue weighted by atomic mass is 9.63. The number of nitrogens with two attached hydrogens (primary N) is 1. The molecule has 18 heteroatoms. The van der Waals surface area contributed by atoms with Crippen LogP contribution in [0.3, 0.4) is 0 Å². The first kappa shape index (κ1) is 41.9. The topological polar surface area (TPSA) is 216 Å². The molecule has 3 aliphatic carbocycles. The van der Waals surface area contributed by atoms with Crippen molar-refractivity contribution in [2.75, 3.05) is 50.0 Å². The zero-order valence-electron chi connectivity index (χ0n) is 37.6. The number of nitrogen functional groups attached to an aromatic ring is 1. The Morgan fingerprint density at radius 1 is 0.985 bits per heavy atom. The summed E-state index contributed by atoms with van der Waals surface area (Å²) < 4.78 is 21.0. The molecule has 6 aromatic rings. The lowest BCUT2D eigenvalue weighted by Crippen LogP contribution is -2.44. The second-order valence-electron chi connectivity index (χ2n) is 19.9. The molecule has 4 fully saturated rings. The molecule has 3 saturated heterocycles. The van der Waals surface area contributed by atoms with Crippen molar-refractivity contribution < 1.29 is 23.6 Å². The van der Waals surface area contributed by atoms with Crippen LogP contribution in [0.2, 0.25) is 0 Å². The van der Waals surface area contributed by atoms with Crippen LogP contribution < -0.4 is 25.4 Å². The van der Waals surface area contributed by atoms with E-state index in [1.807, 2.05) is 11.7 Å². The van der Waals surface area contributed by atoms with Gasteiger partial charge in [0, 0.05) is 60.0 Å². The molecule has 8 heterocycles. The van der Waals surface area contributed by atoms with Crippen molar-refractivity contribution >= 4 is 44.7 Å². The predicted octanol–water partition coefficient (Wildman–Crippen LogP) is 6.75. The van der Waals surface area contributed by atoms with Gasteiger partial charge in [-0.25, -0.2) is 9.97 Å². The van der Waals surface area contributed by atoms with E-state index < -0.39 is 11.3 Å². The third-order valence-corrected chi connectivity index (χ3v) is 16.8. The summed E-state index contributed by atoms with van der Waals surface area (Å²) in [5.41, 5.74) is 12.3. The quantitative estimate of drug-likeness (QED) is 0.136. The van der Waals surface area contributed by atoms with Gasteiger partial charge >= 0.3 is 0 Å². The lowest BCUT2D eigenvalue weighted by molar-refractivity contribution is -0.134. The number of nitrogens with one attached hydrogen (secondary N) is 1. The molecule has 0 bridgehead atoms. The number of piperidine rings is 2. The normalized spacial score (nSPS) is 23.0. The molecule has 1 unspecified atom stereocenters. The van der Waals surface area contributed by atoms with E-state index in [-0.39, 0.29) is 22.6 Å². The van der Waals surface area contributed by atoms with Gasteiger partial charge in [-0.3, -0.25) is 19.6 Å². The number of thiophene rings is 1. The van der Waals surface area contributed by atoms with Gasteiger partial charge in [0.15, 0.2) is 23.0 Å². The van der Waals surface area contributed by atoms with E-state index in [4.69, 9.17) is 34.8 Å². The van der Waals surface area contributed by atoms with Crippen LogP contribution in [0.15, 0.2) is 47.5 Å². The number of anilines is 2. The van der Waals surface area contributed by atoms with Gasteiger partial charge in [0.1, 0.15) is 17.4 Å². The average molecular weight is 921 g/mol. The minimum atomic E-state index is -0.466. The van der Waals surface area contributed by atoms with Crippen LogP contribution >= 0.6 is 11.3 Å². The molecule has 5 aromatic heterocycles. The number of imide groups is 1. The van der Waals surface area contributed by atoms with Crippen molar-refractivity contribution in [1.29, 1.82) is 5.26 Å². The summed E-state index contributed by atoms with van der Waals surface area (Å²) in [5, 5.41) is 23.6. The van der Waals surface area contributed by atoms with E-state index >= 15 is 0 Å². The standard InChI is InChI=1S/C49H52N12O5S/c1-59-35-20-29(6-7-31(35)41(57-59)33-8-9-37(62)54-46(33)63)61-19-16-47(26-61)14-17-60(18-15-47)25-48(12-13-48)27-64-38-21-39(65-30-23-52-28-53-24-30)56-45(55-38)42-32-4-2-10-49(43(32)66-58-42)11-3-5-36-40(49)34(22-50)44(51)67-36/h6-7,20-21,23-24,28,33H,2-5,8-19,25-27,51H2,1H3,(H,54,62,63)/t33?,49-/m0/s1. The number of rotatable bonds is 10. The smallest absolute Gasteiger partial charge is 0.235 e. The number of carbonyl (C=O) groups excluding carboxylic acids is 2. The number of benzene rings is 1. The number of hydrogen-bond donors (Lipinski definition) is 2. The summed E-state index contributed by atoms with van der Waals surface area (Å²) in [6.45, 7) is 5.63. The van der Waals surface area contributed by atoms with Gasteiger partial charge in [-0.15, -0.1) is 11.3 Å². The first-order valence-corrected chi connectivity index (χ1v) is 24.5. The van der Waals surface area contributed by atoms with Crippen molar-refractivity contribution in [3.05, 3.63) is 76.0 Å². The van der Waals surface area contributed by atoms with Crippen LogP contribution in [-0.4, -0.2) is 90.9 Å². The highest BCUT2D eigenvalue weighted by molar-refractivity contribution is 7.16. The van der Waals surface area contributed by atoms with Gasteiger partial charge in [0.2, 0.25) is 23.6 Å². The maximum atomic E-state index is 12.7. The minimum absolute atomic E-state index is 0.0375. The second-order valence-corrected chi connectivity index (χ2v) is 21.0. The Bertz CT molecular complexity index is 2980. The number of nitrogens with zero attached hydrogens (tertiary/aromatic N) is 10. The molecule has 6 aliphatic rings. The minimum Gasteiger partial charge on any atom is -0.477 e. The van der Waals surface area contributed by atoms with E-state index in [1.165, 1.54) is 28.2 Å². The zero-order chi connectivity index (χ0) is 45.5. The fraction of sp³-hybridized carbons (Fsp3) is 0.490. The number of ether oxygens (including phenoxy) is 2. The van der Waals surface area contributed by atoms with Gasteiger partial charge < -0.3 is 29.5 Å². The second kappa shape index (κ2) is 16.1. The first-order valence-electron chi connectivity index (χ1n) is 23.6. The summed E-state index contributed by atoms with van der Waals surface area (Å²) in [5.74, 6) is 1.40. The fourth-order valence-corrected chi connectivity index (χ4v) is 13.1. The van der Waals surface area contributed by atoms with Gasteiger partial charge in [-0.05, 0) is 119 Å². The van der Waals surface area contributed by atoms with Crippen LogP contribution in [-0.2, 0) is 34.9 Å². The Morgan fingerprint density at radius 2 is 1.78 bits per heavy atom. The van der Waals surface area contributed by atoms with Crippen LogP contribution in [0.5, 0.6) is 17.5 Å². The van der Waals surface area contributed by atoms with Gasteiger partial charge in [0.25, 0.3) is 0 Å². The lowest BCUT2D eigenvalue weighted by Gasteiger charge is -2.40. The maximum absolute atomic E-state index is 12.7. The van der Waals surface area contributed by atoms with Gasteiger partial charge in [-0.2, -0.15) is 20.3 Å². The molecular weight excluding hydrogens is 869 g/mol. The Kier molecular flexibility index (Phi) is 10.1. The number of nitriles is 1. The van der Waals surface area contributed by atoms with Crippen LogP contribution in [0.25, 0.3) is 22.4 Å². The Morgan fingerprint density at radius 3 is 2.57 bits per heavy atom. The Labute approximate surface area is 391 Å². The summed E-state index contributed by atoms with van der Waals surface area (Å²) in [4.78, 5) is 48.9. The van der Waals surface area contributed by atoms with E-state index in [2.05, 4.69) is 54.5 Å². The maximum Gasteiger partial charge on any atom is 0.235 e. The summed E-state index contributed by atoms with van der Waals surface area (Å²) in [6, 6.07) is 10.6. The molecule has 12 rings (SSSR count). The largest absolute Gasteiger partial charge is 0.477 e. The summed E-state index contributed by atoms with van der Waals surface area (Å²) >= 11 is 1.53. The van der Waals surface area contributed by atoms with Crippen molar-refractivity contribution in [2.45, 2.75) is 94.8 Å². The van der Waals surface area contributed by atoms with Crippen LogP contribution in [0, 0.1) is 22.2 Å². The molecule has 3 aliphatic heterocycles. The number of carbonyl (C=O) groups is 2. The number of amides is 2. The van der Waals surface area contributed by atoms with E-state index in [9.17, 15) is 14.9 Å². The number of hydrogen-bond acceptors (Lipinski definition) is 16. The number of aryl methyl sites for hydroxylation is 2. The molecule has 2 spiro atoms. The SMILES string of the molecule is Cn1nc(C2CCC(=O)NC2=O)c2ccc(N3CCC4(CCN(CC5(COc6cc(Oc7cncnc7)nc(-c7noc8c7CCC[C@@]87CCCc8sc(N)c(C#N)c87)n6)CC5)CC4)C3)cc21. The van der Waals surface area contributed by atoms with Crippen LogP contribution in [0.1, 0.15) is 110 Å². The molecule has 0 radical (unpaired) electrons. The molecule has 344 valence electrons. The van der Waals surface area contributed by atoms with E-state index in [0.717, 1.165) is 137 Å². The number of likely N-dealkylation sites (tertiary alicyclic amines) is 1. The summed E-state index contributed by atoms with van der Waals surface area (Å²) in [7, 11) is 1.93. The van der Waals surface area contributed by atoms with Crippen molar-refractivity contribution in [2.24, 2.45) is 17.9 Å². The third kappa shape index (κ3) is 7.37.